The molecule has 0 saturated heterocycles. The lowest BCUT2D eigenvalue weighted by molar-refractivity contribution is -0.114. The molecule has 0 radical (unpaired) electrons. The first-order valence-electron chi connectivity index (χ1n) is 10.2. The lowest BCUT2D eigenvalue weighted by atomic mass is 10.1. The number of fused-ring (bicyclic) bond motifs is 1. The minimum absolute atomic E-state index is 0.0403. The third-order valence-corrected chi connectivity index (χ3v) is 6.50. The molecule has 0 atom stereocenters. The molecule has 0 spiro atoms. The Morgan fingerprint density at radius 1 is 1.00 bits per heavy atom. The van der Waals surface area contributed by atoms with Gasteiger partial charge in [-0.2, -0.15) is 15.1 Å². The summed E-state index contributed by atoms with van der Waals surface area (Å²) in [6, 6.07) is 20.1. The second-order valence-corrected chi connectivity index (χ2v) is 8.74. The Morgan fingerprint density at radius 2 is 1.72 bits per heavy atom. The minimum Gasteiger partial charge on any atom is -0.318 e. The molecule has 5 rings (SSSR count). The zero-order valence-corrected chi connectivity index (χ0v) is 18.8. The van der Waals surface area contributed by atoms with Gasteiger partial charge in [0.05, 0.1) is 5.57 Å². The van der Waals surface area contributed by atoms with Gasteiger partial charge in [-0.15, -0.1) is 0 Å². The smallest absolute Gasteiger partial charge is 0.283 e. The van der Waals surface area contributed by atoms with Crippen LogP contribution in [0.2, 0.25) is 0 Å². The summed E-state index contributed by atoms with van der Waals surface area (Å²) in [5.41, 5.74) is 6.37. The van der Waals surface area contributed by atoms with Crippen LogP contribution in [0.4, 0.5) is 0 Å². The van der Waals surface area contributed by atoms with E-state index in [0.29, 0.717) is 5.17 Å². The number of carbonyl (C=O) groups is 1. The van der Waals surface area contributed by atoms with E-state index in [1.54, 1.807) is 6.08 Å². The average Bonchev–Trinajstić information content (AvgIpc) is 3.33. The van der Waals surface area contributed by atoms with Crippen LogP contribution in [-0.2, 0) is 4.79 Å². The summed E-state index contributed by atoms with van der Waals surface area (Å²) >= 11 is 1.30. The average molecular weight is 440 g/mol. The number of aliphatic imine (C=N–C) groups is 1. The van der Waals surface area contributed by atoms with Gasteiger partial charge in [0.25, 0.3) is 5.91 Å². The Balaban J connectivity index is 1.51. The zero-order valence-electron chi connectivity index (χ0n) is 18.0. The van der Waals surface area contributed by atoms with Crippen molar-refractivity contribution in [3.05, 3.63) is 94.3 Å². The summed E-state index contributed by atoms with van der Waals surface area (Å²) in [6.45, 7) is 6.11. The number of aromatic nitrogens is 1. The van der Waals surface area contributed by atoms with Gasteiger partial charge in [0.15, 0.2) is 5.84 Å². The molecular formula is C25H21N5OS. The van der Waals surface area contributed by atoms with Gasteiger partial charge < -0.3 is 4.57 Å². The fraction of sp³-hybridized carbons (Fsp3) is 0.120. The first-order valence-corrected chi connectivity index (χ1v) is 11.1. The lowest BCUT2D eigenvalue weighted by Gasteiger charge is -2.20. The van der Waals surface area contributed by atoms with Crippen molar-refractivity contribution in [1.29, 1.82) is 5.41 Å². The van der Waals surface area contributed by atoms with Crippen molar-refractivity contribution in [2.45, 2.75) is 20.8 Å². The van der Waals surface area contributed by atoms with E-state index in [1.165, 1.54) is 22.3 Å². The van der Waals surface area contributed by atoms with Crippen LogP contribution in [0.5, 0.6) is 0 Å². The van der Waals surface area contributed by atoms with Crippen LogP contribution in [0.3, 0.4) is 0 Å². The van der Waals surface area contributed by atoms with Gasteiger partial charge in [-0.05, 0) is 62.4 Å². The molecule has 2 aliphatic rings. The molecule has 6 nitrogen and oxygen atoms in total. The van der Waals surface area contributed by atoms with E-state index in [-0.39, 0.29) is 11.4 Å². The standard InChI is InChI=1S/C25H21N5OS/c1-15-9-11-20(12-10-15)29-16(2)13-19(17(29)3)14-21-22(26)30-25(27-23(21)31)32-24(28-30)18-7-5-4-6-8-18/h4-14,26H,1-3H3/b21-14+,26-22?. The first-order chi connectivity index (χ1) is 15.4. The topological polar surface area (TPSA) is 73.8 Å². The Labute approximate surface area is 190 Å². The molecule has 0 unspecified atom stereocenters. The van der Waals surface area contributed by atoms with E-state index < -0.39 is 5.91 Å². The summed E-state index contributed by atoms with van der Waals surface area (Å²) in [5, 5.41) is 15.8. The normalized spacial score (nSPS) is 17.0. The largest absolute Gasteiger partial charge is 0.318 e. The molecule has 7 heteroatoms. The van der Waals surface area contributed by atoms with E-state index in [1.807, 2.05) is 50.2 Å². The number of aryl methyl sites for hydroxylation is 2. The van der Waals surface area contributed by atoms with Crippen LogP contribution in [-0.4, -0.2) is 31.5 Å². The fourth-order valence-corrected chi connectivity index (χ4v) is 4.77. The zero-order chi connectivity index (χ0) is 22.4. The number of amides is 1. The molecule has 158 valence electrons. The summed E-state index contributed by atoms with van der Waals surface area (Å²) in [6.07, 6.45) is 1.75. The van der Waals surface area contributed by atoms with Crippen LogP contribution >= 0.6 is 11.8 Å². The van der Waals surface area contributed by atoms with E-state index in [4.69, 9.17) is 5.41 Å². The second-order valence-electron chi connectivity index (χ2n) is 7.79. The summed E-state index contributed by atoms with van der Waals surface area (Å²) in [4.78, 5) is 17.0. The Morgan fingerprint density at radius 3 is 2.44 bits per heavy atom. The highest BCUT2D eigenvalue weighted by Gasteiger charge is 2.36. The molecule has 0 bridgehead atoms. The van der Waals surface area contributed by atoms with Crippen LogP contribution in [0.1, 0.15) is 28.1 Å². The molecule has 2 aromatic carbocycles. The third-order valence-electron chi connectivity index (χ3n) is 5.54. The number of hydrogen-bond acceptors (Lipinski definition) is 4. The molecule has 2 aliphatic heterocycles. The Bertz CT molecular complexity index is 1350. The van der Waals surface area contributed by atoms with Crippen molar-refractivity contribution in [3.8, 4) is 5.69 Å². The summed E-state index contributed by atoms with van der Waals surface area (Å²) in [7, 11) is 0. The van der Waals surface area contributed by atoms with Gasteiger partial charge in [0.1, 0.15) is 5.04 Å². The van der Waals surface area contributed by atoms with Crippen molar-refractivity contribution < 1.29 is 4.79 Å². The van der Waals surface area contributed by atoms with E-state index >= 15 is 0 Å². The van der Waals surface area contributed by atoms with Crippen molar-refractivity contribution in [2.24, 2.45) is 10.1 Å². The monoisotopic (exact) mass is 439 g/mol. The van der Waals surface area contributed by atoms with E-state index in [0.717, 1.165) is 33.2 Å². The van der Waals surface area contributed by atoms with E-state index in [2.05, 4.69) is 45.9 Å². The van der Waals surface area contributed by atoms with Crippen LogP contribution < -0.4 is 0 Å². The van der Waals surface area contributed by atoms with Gasteiger partial charge in [-0.25, -0.2) is 0 Å². The number of rotatable bonds is 3. The number of thioether (sulfide) groups is 1. The van der Waals surface area contributed by atoms with Gasteiger partial charge in [0.2, 0.25) is 5.17 Å². The SMILES string of the molecule is Cc1ccc(-n2c(C)cc(/C=C3\C(=N)N4N=C(c5ccccc5)SC4=NC3=O)c2C)cc1. The van der Waals surface area contributed by atoms with Crippen molar-refractivity contribution in [1.82, 2.24) is 9.58 Å². The van der Waals surface area contributed by atoms with Crippen molar-refractivity contribution in [3.63, 3.8) is 0 Å². The lowest BCUT2D eigenvalue weighted by Crippen LogP contribution is -2.35. The van der Waals surface area contributed by atoms with Crippen molar-refractivity contribution >= 4 is 39.8 Å². The van der Waals surface area contributed by atoms with Crippen LogP contribution in [0.15, 0.2) is 76.3 Å². The number of hydrogen-bond donors (Lipinski definition) is 1. The van der Waals surface area contributed by atoms with Gasteiger partial charge in [-0.1, -0.05) is 48.0 Å². The number of nitrogens with zero attached hydrogens (tertiary/aromatic N) is 4. The van der Waals surface area contributed by atoms with Crippen LogP contribution in [0, 0.1) is 26.2 Å². The molecule has 3 heterocycles. The maximum atomic E-state index is 12.8. The second kappa shape index (κ2) is 7.76. The Kier molecular flexibility index (Phi) is 4.90. The molecule has 3 aromatic rings. The Hall–Kier alpha value is -3.71. The van der Waals surface area contributed by atoms with Gasteiger partial charge in [-0.3, -0.25) is 10.2 Å². The van der Waals surface area contributed by atoms with E-state index in [9.17, 15) is 4.79 Å². The number of carbonyl (C=O) groups excluding carboxylic acids is 1. The number of nitrogens with one attached hydrogen (secondary N) is 1. The molecule has 32 heavy (non-hydrogen) atoms. The van der Waals surface area contributed by atoms with Crippen molar-refractivity contribution in [2.75, 3.05) is 0 Å². The molecule has 0 fully saturated rings. The minimum atomic E-state index is -0.418. The quantitative estimate of drug-likeness (QED) is 0.579. The van der Waals surface area contributed by atoms with Gasteiger partial charge in [0, 0.05) is 22.6 Å². The predicted molar refractivity (Wildman–Crippen MR) is 131 cm³/mol. The molecule has 1 amide bonds. The molecule has 0 aliphatic carbocycles. The molecule has 0 saturated carbocycles. The summed E-state index contributed by atoms with van der Waals surface area (Å²) in [5.74, 6) is -0.378. The van der Waals surface area contributed by atoms with Crippen LogP contribution in [0.25, 0.3) is 11.8 Å². The van der Waals surface area contributed by atoms with Gasteiger partial charge >= 0.3 is 0 Å². The molecular weight excluding hydrogens is 418 g/mol. The maximum Gasteiger partial charge on any atom is 0.283 e. The number of amidine groups is 2. The number of benzene rings is 2. The summed E-state index contributed by atoms with van der Waals surface area (Å²) < 4.78 is 2.15. The number of hydrazone groups is 1. The molecule has 1 N–H and O–H groups in total. The fourth-order valence-electron chi connectivity index (χ4n) is 3.87. The maximum absolute atomic E-state index is 12.8. The first kappa shape index (κ1) is 20.2. The highest BCUT2D eigenvalue weighted by molar-refractivity contribution is 8.27. The highest BCUT2D eigenvalue weighted by atomic mass is 32.2. The molecule has 1 aromatic heterocycles. The third kappa shape index (κ3) is 3.40. The highest BCUT2D eigenvalue weighted by Crippen LogP contribution is 2.31. The predicted octanol–water partition coefficient (Wildman–Crippen LogP) is 5.07.